The molecule has 0 radical (unpaired) electrons. The smallest absolute Gasteiger partial charge is 0.355 e. The van der Waals surface area contributed by atoms with Gasteiger partial charge in [0, 0.05) is 53.3 Å². The number of nitrogens with zero attached hydrogens (tertiary/aromatic N) is 5. The number of aromatic nitrogens is 5. The first-order chi connectivity index (χ1) is 26.4. The number of benzene rings is 2. The summed E-state index contributed by atoms with van der Waals surface area (Å²) in [5.74, 6) is -1.45. The van der Waals surface area contributed by atoms with E-state index in [-0.39, 0.29) is 33.4 Å². The van der Waals surface area contributed by atoms with Gasteiger partial charge in [-0.3, -0.25) is 19.8 Å². The number of rotatable bonds is 11. The van der Waals surface area contributed by atoms with Gasteiger partial charge in [-0.15, -0.1) is 0 Å². The number of carbonyl (C=O) groups excluding carboxylic acids is 1. The molecule has 4 aliphatic carbocycles. The van der Waals surface area contributed by atoms with Gasteiger partial charge in [0.25, 0.3) is 5.91 Å². The van der Waals surface area contributed by atoms with Crippen LogP contribution >= 0.6 is 11.3 Å². The lowest BCUT2D eigenvalue weighted by Gasteiger charge is -2.69. The highest BCUT2D eigenvalue weighted by molar-refractivity contribution is 7.22. The van der Waals surface area contributed by atoms with Crippen molar-refractivity contribution in [3.05, 3.63) is 90.1 Å². The molecule has 1 amide bonds. The summed E-state index contributed by atoms with van der Waals surface area (Å²) in [6.45, 7) is 9.26. The number of amides is 1. The van der Waals surface area contributed by atoms with Gasteiger partial charge in [-0.1, -0.05) is 49.4 Å². The van der Waals surface area contributed by atoms with Gasteiger partial charge in [-0.2, -0.15) is 5.10 Å². The van der Waals surface area contributed by atoms with E-state index in [1.165, 1.54) is 24.0 Å². The van der Waals surface area contributed by atoms with Crippen LogP contribution in [0.2, 0.25) is 0 Å². The number of ether oxygens (including phenoxy) is 1. The number of hydrogen-bond donors (Lipinski definition) is 3. The third-order valence-corrected chi connectivity index (χ3v) is 13.2. The van der Waals surface area contributed by atoms with Crippen LogP contribution in [0.5, 0.6) is 0 Å². The molecule has 4 aliphatic rings. The summed E-state index contributed by atoms with van der Waals surface area (Å²) in [6, 6.07) is 17.0. The number of pyridine rings is 2. The lowest BCUT2D eigenvalue weighted by Crippen LogP contribution is -2.64. The fourth-order valence-electron chi connectivity index (χ4n) is 11.3. The average molecular weight is 756 g/mol. The van der Waals surface area contributed by atoms with E-state index >= 15 is 0 Å². The number of thiazole rings is 1. The Kier molecular flexibility index (Phi) is 8.45. The molecule has 4 heterocycles. The number of carboxylic acid groups (broad SMARTS) is 1. The van der Waals surface area contributed by atoms with E-state index in [0.29, 0.717) is 39.5 Å². The first-order valence-electron chi connectivity index (χ1n) is 19.0. The van der Waals surface area contributed by atoms with Crippen LogP contribution in [-0.2, 0) is 11.3 Å². The Labute approximate surface area is 323 Å². The van der Waals surface area contributed by atoms with E-state index in [4.69, 9.17) is 14.8 Å². The highest BCUT2D eigenvalue weighted by Crippen LogP contribution is 2.72. The summed E-state index contributed by atoms with van der Waals surface area (Å²) in [7, 11) is 1.97. The van der Waals surface area contributed by atoms with E-state index in [1.807, 2.05) is 68.6 Å². The maximum atomic E-state index is 13.5. The molecule has 11 nitrogen and oxygen atoms in total. The van der Waals surface area contributed by atoms with Crippen LogP contribution in [0.4, 0.5) is 5.13 Å². The molecule has 0 spiro atoms. The van der Waals surface area contributed by atoms with Gasteiger partial charge in [0.15, 0.2) is 10.8 Å². The second-order valence-corrected chi connectivity index (χ2v) is 18.1. The number of nitrogens with one attached hydrogen (secondary N) is 2. The van der Waals surface area contributed by atoms with Gasteiger partial charge in [0.05, 0.1) is 39.9 Å². The third-order valence-electron chi connectivity index (χ3n) is 12.2. The Balaban J connectivity index is 1.01. The van der Waals surface area contributed by atoms with Gasteiger partial charge in [0.2, 0.25) is 0 Å². The third kappa shape index (κ3) is 6.39. The molecule has 4 saturated carbocycles. The second-order valence-electron chi connectivity index (χ2n) is 17.1. The normalized spacial score (nSPS) is 25.5. The number of carbonyl (C=O) groups is 2. The van der Waals surface area contributed by atoms with E-state index < -0.39 is 5.97 Å². The molecular formula is C43H45N7O4S. The Morgan fingerprint density at radius 1 is 0.927 bits per heavy atom. The summed E-state index contributed by atoms with van der Waals surface area (Å²) in [6.07, 6.45) is 11.8. The lowest BCUT2D eigenvalue weighted by atomic mass is 9.39. The number of fused-ring (bicyclic) bond motifs is 2. The van der Waals surface area contributed by atoms with Crippen molar-refractivity contribution in [2.75, 3.05) is 25.5 Å². The molecule has 3 N–H and O–H groups in total. The van der Waals surface area contributed by atoms with Crippen molar-refractivity contribution in [3.63, 3.8) is 0 Å². The van der Waals surface area contributed by atoms with Gasteiger partial charge < -0.3 is 15.2 Å². The molecule has 10 rings (SSSR count). The summed E-state index contributed by atoms with van der Waals surface area (Å²) >= 11 is 1.41. The fraction of sp³-hybridized carbons (Fsp3) is 0.395. The quantitative estimate of drug-likeness (QED) is 0.111. The standard InChI is InChI=1S/C43H45N7O4S/c1-26-31(18-46-50(26)25-42-20-40(2)19-41(3,21-42)23-43(22-40,24-42)54-14-13-44-4)29-11-12-33(47-36(29)38(52)53)27-9-10-28-16-45-17-32(30(28)15-27)37(51)49-39-48-34-7-5-6-8-35(34)55-39/h5-12,15-18,44H,13-14,19-25H2,1-4H3,(H,52,53)(H,48,49,51). The largest absolute Gasteiger partial charge is 0.476 e. The number of hydrogen-bond acceptors (Lipinski definition) is 9. The summed E-state index contributed by atoms with van der Waals surface area (Å²) < 4.78 is 9.83. The zero-order chi connectivity index (χ0) is 38.2. The van der Waals surface area contributed by atoms with Gasteiger partial charge >= 0.3 is 5.97 Å². The molecule has 0 saturated heterocycles. The minimum atomic E-state index is -1.12. The summed E-state index contributed by atoms with van der Waals surface area (Å²) in [5.41, 5.74) is 4.93. The number of carboxylic acids is 1. The maximum absolute atomic E-state index is 13.5. The van der Waals surface area contributed by atoms with Crippen molar-refractivity contribution in [1.29, 1.82) is 0 Å². The van der Waals surface area contributed by atoms with Crippen molar-refractivity contribution >= 4 is 49.3 Å². The first-order valence-corrected chi connectivity index (χ1v) is 19.8. The van der Waals surface area contributed by atoms with Crippen LogP contribution in [0, 0.1) is 23.2 Å². The first kappa shape index (κ1) is 35.6. The lowest BCUT2D eigenvalue weighted by molar-refractivity contribution is -0.247. The van der Waals surface area contributed by atoms with Crippen LogP contribution < -0.4 is 10.6 Å². The molecule has 55 heavy (non-hydrogen) atoms. The van der Waals surface area contributed by atoms with Gasteiger partial charge in [-0.25, -0.2) is 14.8 Å². The van der Waals surface area contributed by atoms with Gasteiger partial charge in [-0.05, 0) is 104 Å². The van der Waals surface area contributed by atoms with E-state index in [9.17, 15) is 14.7 Å². The van der Waals surface area contributed by atoms with E-state index in [0.717, 1.165) is 72.1 Å². The number of para-hydroxylation sites is 1. The molecule has 2 unspecified atom stereocenters. The fourth-order valence-corrected chi connectivity index (χ4v) is 12.2. The molecule has 2 atom stereocenters. The monoisotopic (exact) mass is 755 g/mol. The van der Waals surface area contributed by atoms with Crippen LogP contribution in [0.25, 0.3) is 43.4 Å². The van der Waals surface area contributed by atoms with Crippen LogP contribution in [0.15, 0.2) is 73.2 Å². The SMILES string of the molecule is CNCCOC12CC3(C)CC(C)(CC(Cn4ncc(-c5ccc(-c6ccc7cncc(C(=O)Nc8nc9ccccc9s8)c7c6)nc5C(=O)O)c4C)(C3)C1)C2. The molecule has 2 aromatic carbocycles. The van der Waals surface area contributed by atoms with Gasteiger partial charge in [0.1, 0.15) is 0 Å². The highest BCUT2D eigenvalue weighted by Gasteiger charge is 2.66. The molecule has 4 bridgehead atoms. The topological polar surface area (TPSA) is 144 Å². The van der Waals surface area contributed by atoms with Crippen molar-refractivity contribution < 1.29 is 19.4 Å². The predicted molar refractivity (Wildman–Crippen MR) is 214 cm³/mol. The average Bonchev–Trinajstić information content (AvgIpc) is 3.71. The van der Waals surface area contributed by atoms with Crippen molar-refractivity contribution in [2.45, 2.75) is 71.4 Å². The number of likely N-dealkylation sites (N-methyl/N-ethyl adjacent to an activating group) is 1. The number of anilines is 1. The molecule has 4 fully saturated rings. The Morgan fingerprint density at radius 2 is 1.73 bits per heavy atom. The molecule has 4 aromatic heterocycles. The van der Waals surface area contributed by atoms with E-state index in [1.54, 1.807) is 12.4 Å². The van der Waals surface area contributed by atoms with Crippen LogP contribution in [0.1, 0.15) is 78.9 Å². The maximum Gasteiger partial charge on any atom is 0.355 e. The number of aromatic carboxylic acids is 1. The highest BCUT2D eigenvalue weighted by atomic mass is 32.1. The Hall–Kier alpha value is -5.04. The molecule has 0 aliphatic heterocycles. The molecule has 282 valence electrons. The molecular weight excluding hydrogens is 711 g/mol. The minimum absolute atomic E-state index is 0.0458. The van der Waals surface area contributed by atoms with Crippen LogP contribution in [0.3, 0.4) is 0 Å². The predicted octanol–water partition coefficient (Wildman–Crippen LogP) is 8.38. The molecule has 6 aromatic rings. The molecule has 12 heteroatoms. The van der Waals surface area contributed by atoms with Crippen molar-refractivity contribution in [3.8, 4) is 22.4 Å². The minimum Gasteiger partial charge on any atom is -0.476 e. The Morgan fingerprint density at radius 3 is 2.49 bits per heavy atom. The van der Waals surface area contributed by atoms with E-state index in [2.05, 4.69) is 39.1 Å². The Bertz CT molecular complexity index is 2460. The summed E-state index contributed by atoms with van der Waals surface area (Å²) in [5, 5.41) is 23.5. The second kappa shape index (κ2) is 13.0. The zero-order valence-electron chi connectivity index (χ0n) is 31.6. The zero-order valence-corrected chi connectivity index (χ0v) is 32.4. The van der Waals surface area contributed by atoms with Crippen molar-refractivity contribution in [2.24, 2.45) is 16.2 Å². The van der Waals surface area contributed by atoms with Crippen LogP contribution in [-0.4, -0.2) is 67.5 Å². The summed E-state index contributed by atoms with van der Waals surface area (Å²) in [4.78, 5) is 39.9. The van der Waals surface area contributed by atoms with Crippen molar-refractivity contribution in [1.82, 2.24) is 30.0 Å².